The van der Waals surface area contributed by atoms with E-state index >= 15 is 0 Å². The third kappa shape index (κ3) is 4.38. The van der Waals surface area contributed by atoms with E-state index in [0.717, 1.165) is 19.6 Å². The van der Waals surface area contributed by atoms with Crippen LogP contribution in [-0.2, 0) is 4.74 Å². The number of halogens is 1. The fourth-order valence-electron chi connectivity index (χ4n) is 2.05. The van der Waals surface area contributed by atoms with Crippen LogP contribution >= 0.6 is 11.6 Å². The van der Waals surface area contributed by atoms with Crippen molar-refractivity contribution in [3.63, 3.8) is 0 Å². The van der Waals surface area contributed by atoms with Crippen LogP contribution in [0.15, 0.2) is 18.2 Å². The van der Waals surface area contributed by atoms with E-state index in [1.54, 1.807) is 0 Å². The maximum Gasteiger partial charge on any atom is 0.270 e. The summed E-state index contributed by atoms with van der Waals surface area (Å²) in [4.78, 5) is 24.2. The molecule has 0 radical (unpaired) electrons. The highest BCUT2D eigenvalue weighted by atomic mass is 35.5. The van der Waals surface area contributed by atoms with Crippen LogP contribution in [0.4, 0.5) is 5.69 Å². The summed E-state index contributed by atoms with van der Waals surface area (Å²) in [6.45, 7) is 4.36. The molecule has 0 spiro atoms. The van der Waals surface area contributed by atoms with Gasteiger partial charge in [0.15, 0.2) is 0 Å². The zero-order valence-electron chi connectivity index (χ0n) is 11.4. The van der Waals surface area contributed by atoms with Gasteiger partial charge in [-0.2, -0.15) is 0 Å². The van der Waals surface area contributed by atoms with Gasteiger partial charge in [-0.3, -0.25) is 19.8 Å². The summed E-state index contributed by atoms with van der Waals surface area (Å²) in [6, 6.07) is 3.81. The van der Waals surface area contributed by atoms with Gasteiger partial charge in [0.1, 0.15) is 0 Å². The molecule has 1 fully saturated rings. The first kappa shape index (κ1) is 15.7. The largest absolute Gasteiger partial charge is 0.379 e. The Morgan fingerprint density at radius 3 is 2.76 bits per heavy atom. The van der Waals surface area contributed by atoms with Crippen LogP contribution in [-0.4, -0.2) is 55.1 Å². The molecule has 1 N–H and O–H groups in total. The Bertz CT molecular complexity index is 532. The minimum atomic E-state index is -0.550. The predicted octanol–water partition coefficient (Wildman–Crippen LogP) is 1.31. The van der Waals surface area contributed by atoms with Gasteiger partial charge in [0, 0.05) is 38.3 Å². The van der Waals surface area contributed by atoms with Crippen LogP contribution < -0.4 is 5.32 Å². The molecule has 8 heteroatoms. The number of hydrogen-bond donors (Lipinski definition) is 1. The molecule has 1 aliphatic rings. The molecule has 21 heavy (non-hydrogen) atoms. The zero-order chi connectivity index (χ0) is 15.2. The van der Waals surface area contributed by atoms with E-state index in [-0.39, 0.29) is 22.2 Å². The van der Waals surface area contributed by atoms with Gasteiger partial charge >= 0.3 is 0 Å². The third-order valence-corrected chi connectivity index (χ3v) is 3.54. The summed E-state index contributed by atoms with van der Waals surface area (Å²) in [5.41, 5.74) is 0.106. The number of nitro benzene ring substituents is 1. The molecule has 7 nitrogen and oxygen atoms in total. The summed E-state index contributed by atoms with van der Waals surface area (Å²) >= 11 is 5.90. The fourth-order valence-corrected chi connectivity index (χ4v) is 2.31. The van der Waals surface area contributed by atoms with Gasteiger partial charge in [0.05, 0.1) is 28.7 Å². The van der Waals surface area contributed by atoms with E-state index < -0.39 is 4.92 Å². The maximum atomic E-state index is 12.0. The summed E-state index contributed by atoms with van der Waals surface area (Å²) in [7, 11) is 0. The number of nitrogens with one attached hydrogen (secondary N) is 1. The second kappa shape index (κ2) is 7.35. The minimum Gasteiger partial charge on any atom is -0.379 e. The molecule has 1 aliphatic heterocycles. The molecular weight excluding hydrogens is 298 g/mol. The van der Waals surface area contributed by atoms with Gasteiger partial charge in [-0.25, -0.2) is 0 Å². The first-order chi connectivity index (χ1) is 10.1. The molecule has 1 heterocycles. The Morgan fingerprint density at radius 1 is 1.43 bits per heavy atom. The van der Waals surface area contributed by atoms with Crippen LogP contribution in [0.3, 0.4) is 0 Å². The number of amides is 1. The standard InChI is InChI=1S/C13H16ClN3O4/c14-12-9-10(17(19)20)1-2-11(12)13(18)15-3-4-16-5-7-21-8-6-16/h1-2,9H,3-8H2,(H,15,18). The number of benzene rings is 1. The number of rotatable bonds is 5. The molecular formula is C13H16ClN3O4. The van der Waals surface area contributed by atoms with E-state index in [1.165, 1.54) is 18.2 Å². The lowest BCUT2D eigenvalue weighted by Gasteiger charge is -2.26. The molecule has 2 rings (SSSR count). The van der Waals surface area contributed by atoms with Crippen molar-refractivity contribution in [3.8, 4) is 0 Å². The molecule has 1 saturated heterocycles. The molecule has 1 aromatic rings. The second-order valence-corrected chi connectivity index (χ2v) is 5.04. The van der Waals surface area contributed by atoms with E-state index in [9.17, 15) is 14.9 Å². The average Bonchev–Trinajstić information content (AvgIpc) is 2.48. The van der Waals surface area contributed by atoms with Crippen LogP contribution in [0, 0.1) is 10.1 Å². The number of nitrogens with zero attached hydrogens (tertiary/aromatic N) is 2. The van der Waals surface area contributed by atoms with E-state index in [2.05, 4.69) is 10.2 Å². The third-order valence-electron chi connectivity index (χ3n) is 3.23. The first-order valence-electron chi connectivity index (χ1n) is 6.60. The number of ether oxygens (including phenoxy) is 1. The molecule has 0 saturated carbocycles. The van der Waals surface area contributed by atoms with Crippen molar-refractivity contribution in [1.82, 2.24) is 10.2 Å². The molecule has 1 amide bonds. The lowest BCUT2D eigenvalue weighted by molar-refractivity contribution is -0.384. The predicted molar refractivity (Wildman–Crippen MR) is 77.7 cm³/mol. The maximum absolute atomic E-state index is 12.0. The molecule has 0 atom stereocenters. The highest BCUT2D eigenvalue weighted by Gasteiger charge is 2.15. The van der Waals surface area contributed by atoms with Crippen LogP contribution in [0.25, 0.3) is 0 Å². The number of hydrogen-bond acceptors (Lipinski definition) is 5. The topological polar surface area (TPSA) is 84.7 Å². The summed E-state index contributed by atoms with van der Waals surface area (Å²) in [5.74, 6) is -0.330. The van der Waals surface area contributed by atoms with Crippen molar-refractivity contribution >= 4 is 23.2 Å². The van der Waals surface area contributed by atoms with Crippen LogP contribution in [0.5, 0.6) is 0 Å². The highest BCUT2D eigenvalue weighted by molar-refractivity contribution is 6.34. The Hall–Kier alpha value is -1.70. The number of nitro groups is 1. The molecule has 1 aromatic carbocycles. The van der Waals surface area contributed by atoms with Gasteiger partial charge in [-0.15, -0.1) is 0 Å². The van der Waals surface area contributed by atoms with Crippen LogP contribution in [0.2, 0.25) is 5.02 Å². The summed E-state index contributed by atoms with van der Waals surface area (Å²) in [5, 5.41) is 13.4. The smallest absolute Gasteiger partial charge is 0.270 e. The lowest BCUT2D eigenvalue weighted by Crippen LogP contribution is -2.41. The molecule has 0 aromatic heterocycles. The normalized spacial score (nSPS) is 15.7. The highest BCUT2D eigenvalue weighted by Crippen LogP contribution is 2.22. The summed E-state index contributed by atoms with van der Waals surface area (Å²) in [6.07, 6.45) is 0. The Kier molecular flexibility index (Phi) is 5.49. The van der Waals surface area contributed by atoms with Crippen molar-refractivity contribution in [2.75, 3.05) is 39.4 Å². The lowest BCUT2D eigenvalue weighted by atomic mass is 10.2. The number of carbonyl (C=O) groups is 1. The summed E-state index contributed by atoms with van der Waals surface area (Å²) < 4.78 is 5.24. The monoisotopic (exact) mass is 313 g/mol. The van der Waals surface area contributed by atoms with Crippen LogP contribution in [0.1, 0.15) is 10.4 Å². The van der Waals surface area contributed by atoms with E-state index in [1.807, 2.05) is 0 Å². The molecule has 0 bridgehead atoms. The Balaban J connectivity index is 1.86. The van der Waals surface area contributed by atoms with Crippen molar-refractivity contribution < 1.29 is 14.5 Å². The van der Waals surface area contributed by atoms with Gasteiger partial charge in [-0.1, -0.05) is 11.6 Å². The second-order valence-electron chi connectivity index (χ2n) is 4.63. The van der Waals surface area contributed by atoms with Crippen molar-refractivity contribution in [1.29, 1.82) is 0 Å². The first-order valence-corrected chi connectivity index (χ1v) is 6.98. The van der Waals surface area contributed by atoms with Gasteiger partial charge in [0.2, 0.25) is 0 Å². The molecule has 114 valence electrons. The Morgan fingerprint density at radius 2 is 2.14 bits per heavy atom. The average molecular weight is 314 g/mol. The number of morpholine rings is 1. The van der Waals surface area contributed by atoms with Crippen molar-refractivity contribution in [2.45, 2.75) is 0 Å². The zero-order valence-corrected chi connectivity index (χ0v) is 12.1. The SMILES string of the molecule is O=C(NCCN1CCOCC1)c1ccc([N+](=O)[O-])cc1Cl. The van der Waals surface area contributed by atoms with E-state index in [4.69, 9.17) is 16.3 Å². The number of non-ortho nitro benzene ring substituents is 1. The molecule has 0 unspecified atom stereocenters. The number of carbonyl (C=O) groups excluding carboxylic acids is 1. The van der Waals surface area contributed by atoms with Gasteiger partial charge in [0.25, 0.3) is 11.6 Å². The Labute approximate surface area is 127 Å². The molecule has 0 aliphatic carbocycles. The van der Waals surface area contributed by atoms with E-state index in [0.29, 0.717) is 19.8 Å². The quantitative estimate of drug-likeness (QED) is 0.654. The fraction of sp³-hybridized carbons (Fsp3) is 0.462. The minimum absolute atomic E-state index is 0.0769. The van der Waals surface area contributed by atoms with Crippen molar-refractivity contribution in [3.05, 3.63) is 38.9 Å². The van der Waals surface area contributed by atoms with Gasteiger partial charge < -0.3 is 10.1 Å². The van der Waals surface area contributed by atoms with Crippen molar-refractivity contribution in [2.24, 2.45) is 0 Å². The van der Waals surface area contributed by atoms with Gasteiger partial charge in [-0.05, 0) is 6.07 Å².